The maximum atomic E-state index is 12.1. The number of carbonyl (C=O) groups excluding carboxylic acids is 1. The summed E-state index contributed by atoms with van der Waals surface area (Å²) in [6.07, 6.45) is 1.94. The van der Waals surface area contributed by atoms with Gasteiger partial charge in [0, 0.05) is 20.0 Å². The van der Waals surface area contributed by atoms with Gasteiger partial charge in [0.15, 0.2) is 0 Å². The molecule has 106 valence electrons. The van der Waals surface area contributed by atoms with Gasteiger partial charge in [-0.1, -0.05) is 13.8 Å². The minimum absolute atomic E-state index is 0.0515. The van der Waals surface area contributed by atoms with Crippen molar-refractivity contribution in [3.63, 3.8) is 0 Å². The van der Waals surface area contributed by atoms with E-state index in [1.807, 2.05) is 13.8 Å². The summed E-state index contributed by atoms with van der Waals surface area (Å²) in [5, 5.41) is 8.08. The lowest BCUT2D eigenvalue weighted by Crippen LogP contribution is -2.42. The van der Waals surface area contributed by atoms with Crippen molar-refractivity contribution >= 4 is 5.91 Å². The van der Waals surface area contributed by atoms with Crippen molar-refractivity contribution in [2.75, 3.05) is 20.6 Å². The first kappa shape index (κ1) is 14.0. The highest BCUT2D eigenvalue weighted by Crippen LogP contribution is 2.21. The molecule has 0 bridgehead atoms. The van der Waals surface area contributed by atoms with Crippen molar-refractivity contribution in [3.05, 3.63) is 11.8 Å². The van der Waals surface area contributed by atoms with Crippen LogP contribution in [0.4, 0.5) is 0 Å². The summed E-state index contributed by atoms with van der Waals surface area (Å²) in [6, 6.07) is -0.0515. The van der Waals surface area contributed by atoms with E-state index in [-0.39, 0.29) is 17.9 Å². The molecule has 0 radical (unpaired) electrons. The van der Waals surface area contributed by atoms with E-state index in [0.29, 0.717) is 18.3 Å². The predicted octanol–water partition coefficient (Wildman–Crippen LogP) is 1.25. The first-order valence-electron chi connectivity index (χ1n) is 6.76. The van der Waals surface area contributed by atoms with Crippen LogP contribution in [0.15, 0.2) is 4.42 Å². The third-order valence-corrected chi connectivity index (χ3v) is 3.40. The van der Waals surface area contributed by atoms with Crippen LogP contribution >= 0.6 is 0 Å². The van der Waals surface area contributed by atoms with Crippen LogP contribution in [0, 0.1) is 0 Å². The molecule has 2 rings (SSSR count). The van der Waals surface area contributed by atoms with Gasteiger partial charge < -0.3 is 9.32 Å². The van der Waals surface area contributed by atoms with Crippen LogP contribution in [0.1, 0.15) is 44.4 Å². The van der Waals surface area contributed by atoms with Crippen LogP contribution in [0.5, 0.6) is 0 Å². The quantitative estimate of drug-likeness (QED) is 0.820. The number of aromatic nitrogens is 2. The van der Waals surface area contributed by atoms with Crippen LogP contribution in [-0.2, 0) is 11.3 Å². The van der Waals surface area contributed by atoms with Gasteiger partial charge in [-0.2, -0.15) is 0 Å². The van der Waals surface area contributed by atoms with E-state index in [9.17, 15) is 4.79 Å². The van der Waals surface area contributed by atoms with Gasteiger partial charge >= 0.3 is 0 Å². The highest BCUT2D eigenvalue weighted by Gasteiger charge is 2.32. The Balaban J connectivity index is 2.02. The van der Waals surface area contributed by atoms with Gasteiger partial charge in [-0.25, -0.2) is 0 Å². The molecule has 1 amide bonds. The number of nitrogens with zero attached hydrogens (tertiary/aromatic N) is 4. The zero-order chi connectivity index (χ0) is 14.0. The van der Waals surface area contributed by atoms with Crippen LogP contribution in [0.25, 0.3) is 0 Å². The summed E-state index contributed by atoms with van der Waals surface area (Å²) in [5.41, 5.74) is 0. The van der Waals surface area contributed by atoms with E-state index in [1.54, 1.807) is 19.0 Å². The van der Waals surface area contributed by atoms with Crippen LogP contribution in [0.2, 0.25) is 0 Å². The smallest absolute Gasteiger partial charge is 0.239 e. The average molecular weight is 266 g/mol. The molecule has 2 heterocycles. The molecule has 1 aromatic heterocycles. The molecule has 1 atom stereocenters. The Hall–Kier alpha value is -1.43. The summed E-state index contributed by atoms with van der Waals surface area (Å²) < 4.78 is 5.61. The van der Waals surface area contributed by atoms with Crippen molar-refractivity contribution < 1.29 is 9.21 Å². The molecule has 0 aromatic carbocycles. The third-order valence-electron chi connectivity index (χ3n) is 3.40. The van der Waals surface area contributed by atoms with Crippen molar-refractivity contribution in [1.82, 2.24) is 20.0 Å². The second-order valence-corrected chi connectivity index (χ2v) is 5.55. The second-order valence-electron chi connectivity index (χ2n) is 5.55. The van der Waals surface area contributed by atoms with Crippen LogP contribution in [0.3, 0.4) is 0 Å². The van der Waals surface area contributed by atoms with Crippen molar-refractivity contribution in [2.45, 2.75) is 45.2 Å². The first-order chi connectivity index (χ1) is 8.99. The minimum atomic E-state index is -0.0515. The lowest BCUT2D eigenvalue weighted by molar-refractivity contribution is -0.133. The molecular formula is C13H22N4O2. The fraction of sp³-hybridized carbons (Fsp3) is 0.769. The summed E-state index contributed by atoms with van der Waals surface area (Å²) in [6.45, 7) is 5.50. The summed E-state index contributed by atoms with van der Waals surface area (Å²) in [5.74, 6) is 1.65. The Morgan fingerprint density at radius 2 is 2.21 bits per heavy atom. The number of hydrogen-bond donors (Lipinski definition) is 0. The van der Waals surface area contributed by atoms with Gasteiger partial charge in [-0.15, -0.1) is 10.2 Å². The largest absolute Gasteiger partial charge is 0.424 e. The molecule has 1 aliphatic rings. The molecule has 0 N–H and O–H groups in total. The van der Waals surface area contributed by atoms with Crippen molar-refractivity contribution in [3.8, 4) is 0 Å². The van der Waals surface area contributed by atoms with Crippen molar-refractivity contribution in [1.29, 1.82) is 0 Å². The molecule has 1 fully saturated rings. The Labute approximate surface area is 113 Å². The number of hydrogen-bond acceptors (Lipinski definition) is 5. The zero-order valence-electron chi connectivity index (χ0n) is 12.1. The predicted molar refractivity (Wildman–Crippen MR) is 70.5 cm³/mol. The van der Waals surface area contributed by atoms with Gasteiger partial charge in [0.05, 0.1) is 12.6 Å². The van der Waals surface area contributed by atoms with E-state index in [0.717, 1.165) is 19.4 Å². The topological polar surface area (TPSA) is 62.5 Å². The SMILES string of the molecule is CC(C)c1nnc(CN2CCC[C@H]2C(=O)N(C)C)o1. The maximum Gasteiger partial charge on any atom is 0.239 e. The molecule has 1 aromatic rings. The fourth-order valence-electron chi connectivity index (χ4n) is 2.33. The summed E-state index contributed by atoms with van der Waals surface area (Å²) >= 11 is 0. The molecule has 1 saturated heterocycles. The molecule has 0 spiro atoms. The number of rotatable bonds is 4. The van der Waals surface area contributed by atoms with E-state index in [1.165, 1.54) is 0 Å². The molecule has 1 aliphatic heterocycles. The Kier molecular flexibility index (Phi) is 4.19. The van der Waals surface area contributed by atoms with E-state index in [4.69, 9.17) is 4.42 Å². The number of likely N-dealkylation sites (N-methyl/N-ethyl adjacent to an activating group) is 1. The number of amides is 1. The Bertz CT molecular complexity index is 442. The standard InChI is InChI=1S/C13H22N4O2/c1-9(2)12-15-14-11(19-12)8-17-7-5-6-10(17)13(18)16(3)4/h9-10H,5-8H2,1-4H3/t10-/m0/s1. The monoisotopic (exact) mass is 266 g/mol. The van der Waals surface area contributed by atoms with Crippen molar-refractivity contribution in [2.24, 2.45) is 0 Å². The van der Waals surface area contributed by atoms with E-state index in [2.05, 4.69) is 15.1 Å². The summed E-state index contributed by atoms with van der Waals surface area (Å²) in [4.78, 5) is 15.9. The van der Waals surface area contributed by atoms with E-state index < -0.39 is 0 Å². The Morgan fingerprint density at radius 3 is 2.79 bits per heavy atom. The van der Waals surface area contributed by atoms with Crippen LogP contribution in [-0.4, -0.2) is 52.6 Å². The third kappa shape index (κ3) is 3.12. The molecule has 0 unspecified atom stereocenters. The highest BCUT2D eigenvalue weighted by molar-refractivity contribution is 5.81. The summed E-state index contributed by atoms with van der Waals surface area (Å²) in [7, 11) is 3.59. The minimum Gasteiger partial charge on any atom is -0.424 e. The van der Waals surface area contributed by atoms with Gasteiger partial charge in [-0.3, -0.25) is 9.69 Å². The second kappa shape index (κ2) is 5.69. The molecule has 6 heteroatoms. The van der Waals surface area contributed by atoms with Gasteiger partial charge in [0.2, 0.25) is 17.7 Å². The Morgan fingerprint density at radius 1 is 1.47 bits per heavy atom. The number of likely N-dealkylation sites (tertiary alicyclic amines) is 1. The maximum absolute atomic E-state index is 12.1. The van der Waals surface area contributed by atoms with E-state index >= 15 is 0 Å². The average Bonchev–Trinajstić information content (AvgIpc) is 2.97. The lowest BCUT2D eigenvalue weighted by Gasteiger charge is -2.24. The van der Waals surface area contributed by atoms with Gasteiger partial charge in [0.1, 0.15) is 0 Å². The number of carbonyl (C=O) groups is 1. The van der Waals surface area contributed by atoms with Gasteiger partial charge in [0.25, 0.3) is 0 Å². The molecular weight excluding hydrogens is 244 g/mol. The van der Waals surface area contributed by atoms with Crippen LogP contribution < -0.4 is 0 Å². The highest BCUT2D eigenvalue weighted by atomic mass is 16.4. The van der Waals surface area contributed by atoms with Gasteiger partial charge in [-0.05, 0) is 19.4 Å². The first-order valence-corrected chi connectivity index (χ1v) is 6.76. The molecule has 0 saturated carbocycles. The normalized spacial score (nSPS) is 20.2. The molecule has 0 aliphatic carbocycles. The molecule has 19 heavy (non-hydrogen) atoms. The zero-order valence-corrected chi connectivity index (χ0v) is 12.1. The fourth-order valence-corrected chi connectivity index (χ4v) is 2.33. The molecule has 6 nitrogen and oxygen atoms in total. The lowest BCUT2D eigenvalue weighted by atomic mass is 10.2.